The highest BCUT2D eigenvalue weighted by molar-refractivity contribution is 5.88. The third-order valence-electron chi connectivity index (χ3n) is 1.67. The number of aromatic nitrogens is 3. The molecule has 0 bridgehead atoms. The van der Waals surface area contributed by atoms with Crippen molar-refractivity contribution >= 4 is 16.7 Å². The molecule has 2 heterocycles. The van der Waals surface area contributed by atoms with Crippen molar-refractivity contribution < 1.29 is 0 Å². The summed E-state index contributed by atoms with van der Waals surface area (Å²) in [6.45, 7) is 0. The lowest BCUT2D eigenvalue weighted by atomic mass is 10.4. The highest BCUT2D eigenvalue weighted by atomic mass is 15.0. The van der Waals surface area contributed by atoms with E-state index in [4.69, 9.17) is 5.73 Å². The van der Waals surface area contributed by atoms with Crippen molar-refractivity contribution in [3.63, 3.8) is 0 Å². The molecule has 0 saturated heterocycles. The Morgan fingerprint density at radius 3 is 3.09 bits per heavy atom. The first-order chi connectivity index (χ1) is 5.29. The van der Waals surface area contributed by atoms with E-state index in [1.807, 2.05) is 17.8 Å². The van der Waals surface area contributed by atoms with E-state index in [0.717, 1.165) is 16.7 Å². The van der Waals surface area contributed by atoms with Gasteiger partial charge >= 0.3 is 0 Å². The number of anilines is 1. The summed E-state index contributed by atoms with van der Waals surface area (Å²) in [5, 5.41) is 0.912. The molecule has 56 valence electrons. The van der Waals surface area contributed by atoms with Gasteiger partial charge in [0, 0.05) is 19.4 Å². The third-order valence-corrected chi connectivity index (χ3v) is 1.67. The van der Waals surface area contributed by atoms with Gasteiger partial charge in [-0.25, -0.2) is 9.97 Å². The molecule has 0 spiro atoms. The highest BCUT2D eigenvalue weighted by Gasteiger charge is 2.02. The van der Waals surface area contributed by atoms with Gasteiger partial charge in [-0.05, 0) is 0 Å². The number of nitrogens with two attached hydrogens (primary N) is 1. The van der Waals surface area contributed by atoms with Crippen LogP contribution >= 0.6 is 0 Å². The van der Waals surface area contributed by atoms with Gasteiger partial charge in [-0.3, -0.25) is 0 Å². The van der Waals surface area contributed by atoms with Crippen LogP contribution < -0.4 is 5.73 Å². The fourth-order valence-electron chi connectivity index (χ4n) is 1.15. The first-order valence-electron chi connectivity index (χ1n) is 3.29. The normalized spacial score (nSPS) is 10.6. The standard InChI is InChI=1S/C7H8N4/c1-11-3-6(8)5-2-9-4-10-7(5)11/h2-4H,8H2,1H3. The predicted octanol–water partition coefficient (Wildman–Crippen LogP) is 0.550. The van der Waals surface area contributed by atoms with Crippen molar-refractivity contribution in [2.45, 2.75) is 0 Å². The van der Waals surface area contributed by atoms with Gasteiger partial charge in [-0.2, -0.15) is 0 Å². The second-order valence-electron chi connectivity index (χ2n) is 2.46. The summed E-state index contributed by atoms with van der Waals surface area (Å²) in [7, 11) is 1.91. The molecule has 0 amide bonds. The second-order valence-corrected chi connectivity index (χ2v) is 2.46. The molecule has 4 nitrogen and oxygen atoms in total. The topological polar surface area (TPSA) is 56.7 Å². The Morgan fingerprint density at radius 2 is 2.36 bits per heavy atom. The molecule has 0 aromatic carbocycles. The van der Waals surface area contributed by atoms with Crippen LogP contribution in [0.5, 0.6) is 0 Å². The van der Waals surface area contributed by atoms with Crippen LogP contribution in [0.1, 0.15) is 0 Å². The minimum absolute atomic E-state index is 0.725. The summed E-state index contributed by atoms with van der Waals surface area (Å²) in [4.78, 5) is 7.96. The van der Waals surface area contributed by atoms with Crippen molar-refractivity contribution in [3.8, 4) is 0 Å². The Morgan fingerprint density at radius 1 is 1.55 bits per heavy atom. The van der Waals surface area contributed by atoms with E-state index in [1.54, 1.807) is 6.20 Å². The average molecular weight is 148 g/mol. The second kappa shape index (κ2) is 1.95. The van der Waals surface area contributed by atoms with E-state index >= 15 is 0 Å². The Hall–Kier alpha value is -1.58. The van der Waals surface area contributed by atoms with Gasteiger partial charge in [0.2, 0.25) is 0 Å². The molecule has 2 N–H and O–H groups in total. The largest absolute Gasteiger partial charge is 0.397 e. The number of rotatable bonds is 0. The van der Waals surface area contributed by atoms with Crippen molar-refractivity contribution in [2.75, 3.05) is 5.73 Å². The maximum atomic E-state index is 5.68. The zero-order valence-electron chi connectivity index (χ0n) is 6.15. The molecule has 0 fully saturated rings. The van der Waals surface area contributed by atoms with Gasteiger partial charge in [-0.15, -0.1) is 0 Å². The summed E-state index contributed by atoms with van der Waals surface area (Å²) in [6, 6.07) is 0. The molecule has 2 aromatic heterocycles. The smallest absolute Gasteiger partial charge is 0.145 e. The number of nitrogen functional groups attached to an aromatic ring is 1. The summed E-state index contributed by atoms with van der Waals surface area (Å²) in [5.41, 5.74) is 7.27. The van der Waals surface area contributed by atoms with Gasteiger partial charge in [-0.1, -0.05) is 0 Å². The maximum Gasteiger partial charge on any atom is 0.145 e. The quantitative estimate of drug-likeness (QED) is 0.593. The van der Waals surface area contributed by atoms with E-state index in [0.29, 0.717) is 0 Å². The van der Waals surface area contributed by atoms with Crippen molar-refractivity contribution in [1.29, 1.82) is 0 Å². The van der Waals surface area contributed by atoms with E-state index in [1.165, 1.54) is 6.33 Å². The van der Waals surface area contributed by atoms with E-state index in [2.05, 4.69) is 9.97 Å². The molecule has 0 aliphatic carbocycles. The fraction of sp³-hybridized carbons (Fsp3) is 0.143. The minimum atomic E-state index is 0.725. The molecule has 2 aromatic rings. The molecule has 0 aliphatic heterocycles. The zero-order chi connectivity index (χ0) is 7.84. The van der Waals surface area contributed by atoms with Gasteiger partial charge in [0.15, 0.2) is 0 Å². The molecular weight excluding hydrogens is 140 g/mol. The van der Waals surface area contributed by atoms with Crippen molar-refractivity contribution in [2.24, 2.45) is 7.05 Å². The maximum absolute atomic E-state index is 5.68. The minimum Gasteiger partial charge on any atom is -0.397 e. The Kier molecular flexibility index (Phi) is 1.09. The van der Waals surface area contributed by atoms with Crippen LogP contribution in [0.25, 0.3) is 11.0 Å². The van der Waals surface area contributed by atoms with Gasteiger partial charge < -0.3 is 10.3 Å². The first-order valence-corrected chi connectivity index (χ1v) is 3.29. The van der Waals surface area contributed by atoms with Gasteiger partial charge in [0.05, 0.1) is 11.1 Å². The van der Waals surface area contributed by atoms with E-state index in [9.17, 15) is 0 Å². The third kappa shape index (κ3) is 0.756. The molecule has 0 saturated carbocycles. The van der Waals surface area contributed by atoms with E-state index in [-0.39, 0.29) is 0 Å². The summed E-state index contributed by atoms with van der Waals surface area (Å²) in [5.74, 6) is 0. The lowest BCUT2D eigenvalue weighted by Gasteiger charge is -1.90. The predicted molar refractivity (Wildman–Crippen MR) is 42.9 cm³/mol. The Bertz CT molecular complexity index is 354. The van der Waals surface area contributed by atoms with Gasteiger partial charge in [0.25, 0.3) is 0 Å². The molecular formula is C7H8N4. The van der Waals surface area contributed by atoms with Crippen LogP contribution in [-0.4, -0.2) is 14.5 Å². The van der Waals surface area contributed by atoms with Crippen molar-refractivity contribution in [1.82, 2.24) is 14.5 Å². The van der Waals surface area contributed by atoms with Gasteiger partial charge in [0.1, 0.15) is 12.0 Å². The van der Waals surface area contributed by atoms with Crippen LogP contribution in [0, 0.1) is 0 Å². The van der Waals surface area contributed by atoms with E-state index < -0.39 is 0 Å². The van der Waals surface area contributed by atoms with Crippen LogP contribution in [0.15, 0.2) is 18.7 Å². The number of hydrogen-bond acceptors (Lipinski definition) is 3. The molecule has 0 aliphatic rings. The molecule has 0 unspecified atom stereocenters. The number of hydrogen-bond donors (Lipinski definition) is 1. The van der Waals surface area contributed by atoms with Crippen LogP contribution in [0.3, 0.4) is 0 Å². The molecule has 11 heavy (non-hydrogen) atoms. The monoisotopic (exact) mass is 148 g/mol. The van der Waals surface area contributed by atoms with Crippen LogP contribution in [-0.2, 0) is 7.05 Å². The molecule has 2 rings (SSSR count). The lowest BCUT2D eigenvalue weighted by molar-refractivity contribution is 0.944. The SMILES string of the molecule is Cn1cc(N)c2cncnc21. The highest BCUT2D eigenvalue weighted by Crippen LogP contribution is 2.18. The average Bonchev–Trinajstić information content (AvgIpc) is 2.30. The molecule has 0 radical (unpaired) electrons. The molecule has 4 heteroatoms. The summed E-state index contributed by atoms with van der Waals surface area (Å²) in [6.07, 6.45) is 5.07. The zero-order valence-corrected chi connectivity index (χ0v) is 6.15. The van der Waals surface area contributed by atoms with Crippen LogP contribution in [0.2, 0.25) is 0 Å². The Balaban J connectivity index is 2.95. The van der Waals surface area contributed by atoms with Crippen LogP contribution in [0.4, 0.5) is 5.69 Å². The number of nitrogens with zero attached hydrogens (tertiary/aromatic N) is 3. The lowest BCUT2D eigenvalue weighted by Crippen LogP contribution is -1.86. The first kappa shape index (κ1) is 6.15. The number of fused-ring (bicyclic) bond motifs is 1. The summed E-state index contributed by atoms with van der Waals surface area (Å²) < 4.78 is 1.88. The summed E-state index contributed by atoms with van der Waals surface area (Å²) >= 11 is 0. The molecule has 0 atom stereocenters. The Labute approximate surface area is 63.7 Å². The fourth-order valence-corrected chi connectivity index (χ4v) is 1.15. The number of aryl methyl sites for hydroxylation is 1. The van der Waals surface area contributed by atoms with Crippen molar-refractivity contribution in [3.05, 3.63) is 18.7 Å².